The summed E-state index contributed by atoms with van der Waals surface area (Å²) in [6, 6.07) is 4.81. The average Bonchev–Trinajstić information content (AvgIpc) is 3.16. The van der Waals surface area contributed by atoms with E-state index in [1.165, 1.54) is 18.4 Å². The van der Waals surface area contributed by atoms with Crippen LogP contribution in [0.5, 0.6) is 0 Å². The van der Waals surface area contributed by atoms with Gasteiger partial charge in [0.2, 0.25) is 5.91 Å². The lowest BCUT2D eigenvalue weighted by Crippen LogP contribution is -2.37. The fourth-order valence-corrected chi connectivity index (χ4v) is 2.65. The van der Waals surface area contributed by atoms with Gasteiger partial charge < -0.3 is 15.1 Å². The number of nitrogens with zero attached hydrogens (tertiary/aromatic N) is 3. The molecule has 1 amide bonds. The number of hydrogen-bond acceptors (Lipinski definition) is 4. The summed E-state index contributed by atoms with van der Waals surface area (Å²) in [5.41, 5.74) is 1.20. The summed E-state index contributed by atoms with van der Waals surface area (Å²) >= 11 is 0. The lowest BCUT2D eigenvalue weighted by Gasteiger charge is -2.22. The van der Waals surface area contributed by atoms with Gasteiger partial charge in [0.1, 0.15) is 5.82 Å². The molecule has 1 N–H and O–H groups in total. The first-order chi connectivity index (χ1) is 10.2. The molecule has 5 nitrogen and oxygen atoms in total. The van der Waals surface area contributed by atoms with Gasteiger partial charge in [-0.05, 0) is 37.3 Å². The number of rotatable bonds is 6. The number of pyridine rings is 1. The van der Waals surface area contributed by atoms with E-state index in [-0.39, 0.29) is 5.91 Å². The third-order valence-corrected chi connectivity index (χ3v) is 4.20. The van der Waals surface area contributed by atoms with Crippen molar-refractivity contribution in [3.05, 3.63) is 23.9 Å². The standard InChI is InChI=1S/C16H24N4O/c1-19(12-16(21)20-8-2-3-9-20)15-7-4-13(11-18-15)10-17-14-5-6-14/h4,7,11,14,17H,2-3,5-6,8-10,12H2,1H3. The normalized spacial score (nSPS) is 18.0. The first-order valence-electron chi connectivity index (χ1n) is 7.89. The molecule has 1 aromatic rings. The van der Waals surface area contributed by atoms with Crippen molar-refractivity contribution in [3.8, 4) is 0 Å². The van der Waals surface area contributed by atoms with E-state index in [9.17, 15) is 4.79 Å². The van der Waals surface area contributed by atoms with Crippen molar-refractivity contribution in [2.45, 2.75) is 38.3 Å². The lowest BCUT2D eigenvalue weighted by molar-refractivity contribution is -0.128. The van der Waals surface area contributed by atoms with Crippen LogP contribution in [0.3, 0.4) is 0 Å². The van der Waals surface area contributed by atoms with Crippen molar-refractivity contribution >= 4 is 11.7 Å². The van der Waals surface area contributed by atoms with Crippen molar-refractivity contribution in [1.82, 2.24) is 15.2 Å². The Bertz CT molecular complexity index is 478. The summed E-state index contributed by atoms with van der Waals surface area (Å²) in [6.07, 6.45) is 6.77. The number of carbonyl (C=O) groups is 1. The van der Waals surface area contributed by atoms with Gasteiger partial charge in [-0.1, -0.05) is 6.07 Å². The van der Waals surface area contributed by atoms with Crippen molar-refractivity contribution in [2.75, 3.05) is 31.6 Å². The second kappa shape index (κ2) is 6.43. The third-order valence-electron chi connectivity index (χ3n) is 4.20. The van der Waals surface area contributed by atoms with Crippen molar-refractivity contribution < 1.29 is 4.79 Å². The third kappa shape index (κ3) is 3.94. The van der Waals surface area contributed by atoms with Gasteiger partial charge in [-0.15, -0.1) is 0 Å². The molecule has 0 bridgehead atoms. The summed E-state index contributed by atoms with van der Waals surface area (Å²) in [7, 11) is 1.93. The van der Waals surface area contributed by atoms with Gasteiger partial charge in [0, 0.05) is 38.9 Å². The lowest BCUT2D eigenvalue weighted by atomic mass is 10.2. The highest BCUT2D eigenvalue weighted by Crippen LogP contribution is 2.19. The zero-order valence-corrected chi connectivity index (χ0v) is 12.7. The largest absolute Gasteiger partial charge is 0.350 e. The maximum absolute atomic E-state index is 12.1. The molecular formula is C16H24N4O. The Labute approximate surface area is 126 Å². The van der Waals surface area contributed by atoms with Crippen LogP contribution >= 0.6 is 0 Å². The van der Waals surface area contributed by atoms with Gasteiger partial charge in [-0.3, -0.25) is 4.79 Å². The Morgan fingerprint density at radius 1 is 1.38 bits per heavy atom. The molecule has 2 fully saturated rings. The molecule has 2 heterocycles. The zero-order valence-electron chi connectivity index (χ0n) is 12.7. The fraction of sp³-hybridized carbons (Fsp3) is 0.625. The van der Waals surface area contributed by atoms with E-state index in [1.807, 2.05) is 29.1 Å². The molecule has 0 unspecified atom stereocenters. The summed E-state index contributed by atoms with van der Waals surface area (Å²) in [6.45, 7) is 3.11. The molecule has 21 heavy (non-hydrogen) atoms. The molecule has 0 radical (unpaired) electrons. The van der Waals surface area contributed by atoms with E-state index >= 15 is 0 Å². The second-order valence-electron chi connectivity index (χ2n) is 6.12. The molecule has 0 aromatic carbocycles. The number of amides is 1. The Hall–Kier alpha value is -1.62. The van der Waals surface area contributed by atoms with E-state index in [1.54, 1.807) is 0 Å². The number of nitrogens with one attached hydrogen (secondary N) is 1. The average molecular weight is 288 g/mol. The van der Waals surface area contributed by atoms with E-state index in [0.717, 1.165) is 38.3 Å². The van der Waals surface area contributed by atoms with Crippen LogP contribution in [0.15, 0.2) is 18.3 Å². The Balaban J connectivity index is 1.51. The molecule has 1 saturated carbocycles. The Morgan fingerprint density at radius 3 is 2.76 bits per heavy atom. The quantitative estimate of drug-likeness (QED) is 0.859. The van der Waals surface area contributed by atoms with Gasteiger partial charge in [-0.2, -0.15) is 0 Å². The Kier molecular flexibility index (Phi) is 4.39. The first-order valence-corrected chi connectivity index (χ1v) is 7.89. The van der Waals surface area contributed by atoms with Crippen molar-refractivity contribution in [3.63, 3.8) is 0 Å². The monoisotopic (exact) mass is 288 g/mol. The van der Waals surface area contributed by atoms with Crippen LogP contribution in [-0.4, -0.2) is 48.5 Å². The molecule has 1 aromatic heterocycles. The van der Waals surface area contributed by atoms with E-state index in [2.05, 4.69) is 16.4 Å². The van der Waals surface area contributed by atoms with Gasteiger partial charge in [0.05, 0.1) is 6.54 Å². The molecule has 0 atom stereocenters. The number of hydrogen-bond donors (Lipinski definition) is 1. The highest BCUT2D eigenvalue weighted by molar-refractivity contribution is 5.81. The molecule has 114 valence electrons. The first kappa shape index (κ1) is 14.3. The van der Waals surface area contributed by atoms with Gasteiger partial charge in [0.25, 0.3) is 0 Å². The number of likely N-dealkylation sites (tertiary alicyclic amines) is 1. The highest BCUT2D eigenvalue weighted by Gasteiger charge is 2.21. The second-order valence-corrected chi connectivity index (χ2v) is 6.12. The molecule has 1 aliphatic heterocycles. The summed E-state index contributed by atoms with van der Waals surface area (Å²) in [5.74, 6) is 1.06. The summed E-state index contributed by atoms with van der Waals surface area (Å²) < 4.78 is 0. The minimum atomic E-state index is 0.205. The molecule has 0 spiro atoms. The summed E-state index contributed by atoms with van der Waals surface area (Å²) in [4.78, 5) is 20.5. The molecule has 5 heteroatoms. The van der Waals surface area contributed by atoms with Crippen LogP contribution in [0.2, 0.25) is 0 Å². The SMILES string of the molecule is CN(CC(=O)N1CCCC1)c1ccc(CNC2CC2)cn1. The van der Waals surface area contributed by atoms with Gasteiger partial charge in [-0.25, -0.2) is 4.98 Å². The maximum Gasteiger partial charge on any atom is 0.242 e. The minimum absolute atomic E-state index is 0.205. The summed E-state index contributed by atoms with van der Waals surface area (Å²) in [5, 5.41) is 3.48. The zero-order chi connectivity index (χ0) is 14.7. The number of carbonyl (C=O) groups excluding carboxylic acids is 1. The van der Waals surface area contributed by atoms with Crippen LogP contribution < -0.4 is 10.2 Å². The predicted octanol–water partition coefficient (Wildman–Crippen LogP) is 1.39. The minimum Gasteiger partial charge on any atom is -0.350 e. The fourth-order valence-electron chi connectivity index (χ4n) is 2.65. The molecule has 1 saturated heterocycles. The van der Waals surface area contributed by atoms with E-state index in [0.29, 0.717) is 12.6 Å². The molecule has 1 aliphatic carbocycles. The number of anilines is 1. The molecule has 2 aliphatic rings. The van der Waals surface area contributed by atoms with Gasteiger partial charge in [0.15, 0.2) is 0 Å². The molecular weight excluding hydrogens is 264 g/mol. The van der Waals surface area contributed by atoms with Crippen LogP contribution in [0.4, 0.5) is 5.82 Å². The van der Waals surface area contributed by atoms with Crippen LogP contribution in [0.25, 0.3) is 0 Å². The van der Waals surface area contributed by atoms with Crippen molar-refractivity contribution in [1.29, 1.82) is 0 Å². The van der Waals surface area contributed by atoms with Crippen LogP contribution in [0, 0.1) is 0 Å². The number of aromatic nitrogens is 1. The van der Waals surface area contributed by atoms with Gasteiger partial charge >= 0.3 is 0 Å². The topological polar surface area (TPSA) is 48.5 Å². The molecule has 3 rings (SSSR count). The van der Waals surface area contributed by atoms with Crippen molar-refractivity contribution in [2.24, 2.45) is 0 Å². The maximum atomic E-state index is 12.1. The Morgan fingerprint density at radius 2 is 2.14 bits per heavy atom. The number of likely N-dealkylation sites (N-methyl/N-ethyl adjacent to an activating group) is 1. The highest BCUT2D eigenvalue weighted by atomic mass is 16.2. The predicted molar refractivity (Wildman–Crippen MR) is 83.2 cm³/mol. The van der Waals surface area contributed by atoms with Crippen LogP contribution in [-0.2, 0) is 11.3 Å². The van der Waals surface area contributed by atoms with E-state index < -0.39 is 0 Å². The van der Waals surface area contributed by atoms with Crippen LogP contribution in [0.1, 0.15) is 31.2 Å². The smallest absolute Gasteiger partial charge is 0.242 e. The van der Waals surface area contributed by atoms with E-state index in [4.69, 9.17) is 0 Å².